The van der Waals surface area contributed by atoms with Gasteiger partial charge in [0.1, 0.15) is 11.3 Å². The lowest BCUT2D eigenvalue weighted by Crippen LogP contribution is -2.34. The van der Waals surface area contributed by atoms with Crippen LogP contribution in [0.4, 0.5) is 9.18 Å². The Morgan fingerprint density at radius 1 is 0.879 bits per heavy atom. The molecule has 0 unspecified atom stereocenters. The van der Waals surface area contributed by atoms with Crippen LogP contribution >= 0.6 is 0 Å². The Morgan fingerprint density at radius 3 is 2.39 bits per heavy atom. The molecule has 0 saturated carbocycles. The highest BCUT2D eigenvalue weighted by Crippen LogP contribution is 2.21. The number of hydrogen-bond acceptors (Lipinski definition) is 4. The highest BCUT2D eigenvalue weighted by Gasteiger charge is 2.21. The molecule has 0 aliphatic rings. The number of aryl methyl sites for hydroxylation is 1. The van der Waals surface area contributed by atoms with Gasteiger partial charge in [-0.3, -0.25) is 4.79 Å². The molecule has 4 aromatic rings. The summed E-state index contributed by atoms with van der Waals surface area (Å²) in [5.74, 6) is -1.76. The molecule has 0 aliphatic heterocycles. The summed E-state index contributed by atoms with van der Waals surface area (Å²) < 4.78 is 19.3. The minimum atomic E-state index is -0.870. The first-order valence-electron chi connectivity index (χ1n) is 10.8. The molecule has 1 N–H and O–H groups in total. The van der Waals surface area contributed by atoms with Gasteiger partial charge in [-0.1, -0.05) is 42.8 Å². The molecule has 0 fully saturated rings. The van der Waals surface area contributed by atoms with E-state index in [1.54, 1.807) is 12.1 Å². The van der Waals surface area contributed by atoms with Crippen LogP contribution in [-0.4, -0.2) is 22.9 Å². The first kappa shape index (κ1) is 22.2. The Labute approximate surface area is 189 Å². The van der Waals surface area contributed by atoms with E-state index >= 15 is 0 Å². The van der Waals surface area contributed by atoms with Crippen molar-refractivity contribution in [3.8, 4) is 0 Å². The van der Waals surface area contributed by atoms with Crippen LogP contribution in [0, 0.1) is 5.82 Å². The third-order valence-corrected chi connectivity index (χ3v) is 5.42. The molecule has 6 nitrogen and oxygen atoms in total. The minimum absolute atomic E-state index is 0.0230. The van der Waals surface area contributed by atoms with E-state index in [1.165, 1.54) is 35.9 Å². The van der Waals surface area contributed by atoms with Crippen LogP contribution in [0.2, 0.25) is 0 Å². The molecule has 0 bridgehead atoms. The monoisotopic (exact) mass is 446 g/mol. The van der Waals surface area contributed by atoms with Crippen molar-refractivity contribution in [3.05, 3.63) is 106 Å². The van der Waals surface area contributed by atoms with Crippen LogP contribution in [0.25, 0.3) is 11.1 Å². The number of amides is 1. The lowest BCUT2D eigenvalue weighted by molar-refractivity contribution is 0.103. The lowest BCUT2D eigenvalue weighted by atomic mass is 10.0. The number of nitrogens with one attached hydrogen (secondary N) is 1. The third kappa shape index (κ3) is 5.09. The second kappa shape index (κ2) is 10.1. The van der Waals surface area contributed by atoms with E-state index < -0.39 is 23.4 Å². The molecule has 7 heteroatoms. The first-order valence-corrected chi connectivity index (χ1v) is 10.8. The third-order valence-electron chi connectivity index (χ3n) is 5.42. The van der Waals surface area contributed by atoms with E-state index in [1.807, 2.05) is 18.2 Å². The van der Waals surface area contributed by atoms with Gasteiger partial charge >= 0.3 is 11.8 Å². The summed E-state index contributed by atoms with van der Waals surface area (Å²) in [6.45, 7) is 0.418. The smallest absolute Gasteiger partial charge is 0.407 e. The minimum Gasteiger partial charge on any atom is -0.407 e. The van der Waals surface area contributed by atoms with Gasteiger partial charge in [0.05, 0.1) is 5.56 Å². The van der Waals surface area contributed by atoms with E-state index in [-0.39, 0.29) is 22.2 Å². The van der Waals surface area contributed by atoms with Gasteiger partial charge in [-0.15, -0.1) is 0 Å². The zero-order valence-corrected chi connectivity index (χ0v) is 17.9. The molecule has 3 aromatic carbocycles. The van der Waals surface area contributed by atoms with E-state index in [2.05, 4.69) is 17.4 Å². The summed E-state index contributed by atoms with van der Waals surface area (Å²) in [6, 6.07) is 19.3. The number of rotatable bonds is 8. The number of benzene rings is 3. The zero-order chi connectivity index (χ0) is 23.2. The van der Waals surface area contributed by atoms with Crippen molar-refractivity contribution in [1.29, 1.82) is 0 Å². The number of nitrogens with zero attached hydrogens (tertiary/aromatic N) is 1. The van der Waals surface area contributed by atoms with Gasteiger partial charge in [0.2, 0.25) is 0 Å². The van der Waals surface area contributed by atoms with E-state index in [9.17, 15) is 18.8 Å². The maximum absolute atomic E-state index is 13.2. The number of oxazole rings is 1. The van der Waals surface area contributed by atoms with Crippen molar-refractivity contribution in [2.24, 2.45) is 0 Å². The highest BCUT2D eigenvalue weighted by atomic mass is 19.1. The van der Waals surface area contributed by atoms with Crippen molar-refractivity contribution in [2.75, 3.05) is 6.54 Å². The molecule has 1 aromatic heterocycles. The van der Waals surface area contributed by atoms with Gasteiger partial charge in [-0.25, -0.2) is 14.0 Å². The van der Waals surface area contributed by atoms with Crippen LogP contribution in [-0.2, 0) is 6.42 Å². The summed E-state index contributed by atoms with van der Waals surface area (Å²) in [5, 5.41) is 2.74. The molecule has 1 heterocycles. The highest BCUT2D eigenvalue weighted by molar-refractivity contribution is 6.15. The fourth-order valence-corrected chi connectivity index (χ4v) is 3.72. The molecular formula is C26H23FN2O4. The van der Waals surface area contributed by atoms with Crippen LogP contribution < -0.4 is 11.1 Å². The summed E-state index contributed by atoms with van der Waals surface area (Å²) in [5.41, 5.74) is 1.89. The number of unbranched alkanes of at least 4 members (excludes halogenated alkanes) is 2. The molecule has 1 amide bonds. The fourth-order valence-electron chi connectivity index (χ4n) is 3.72. The number of hydrogen-bond donors (Lipinski definition) is 1. The molecule has 0 spiro atoms. The van der Waals surface area contributed by atoms with Crippen molar-refractivity contribution < 1.29 is 18.4 Å². The number of halogens is 1. The maximum Gasteiger partial charge on any atom is 0.428 e. The SMILES string of the molecule is O=C(c1ccc(F)cc1)c1cccc2c1oc(=O)n2C(=O)NCCCCCc1ccccc1. The average Bonchev–Trinajstić information content (AvgIpc) is 3.17. The Hall–Kier alpha value is -4.00. The van der Waals surface area contributed by atoms with Crippen LogP contribution in [0.5, 0.6) is 0 Å². The Balaban J connectivity index is 1.41. The normalized spacial score (nSPS) is 10.9. The van der Waals surface area contributed by atoms with Crippen molar-refractivity contribution >= 4 is 22.9 Å². The number of fused-ring (bicyclic) bond motifs is 1. The molecule has 0 aliphatic carbocycles. The van der Waals surface area contributed by atoms with Crippen LogP contribution in [0.1, 0.15) is 40.7 Å². The topological polar surface area (TPSA) is 81.3 Å². The van der Waals surface area contributed by atoms with Crippen LogP contribution in [0.3, 0.4) is 0 Å². The second-order valence-electron chi connectivity index (χ2n) is 7.72. The predicted octanol–water partition coefficient (Wildman–Crippen LogP) is 4.94. The fraction of sp³-hybridized carbons (Fsp3) is 0.192. The zero-order valence-electron chi connectivity index (χ0n) is 17.9. The summed E-state index contributed by atoms with van der Waals surface area (Å²) in [4.78, 5) is 37.9. The maximum atomic E-state index is 13.2. The quantitative estimate of drug-likeness (QED) is 0.307. The summed E-state index contributed by atoms with van der Waals surface area (Å²) >= 11 is 0. The first-order chi connectivity index (χ1) is 16.0. The largest absolute Gasteiger partial charge is 0.428 e. The van der Waals surface area contributed by atoms with Gasteiger partial charge in [0.25, 0.3) is 0 Å². The molecule has 0 atom stereocenters. The van der Waals surface area contributed by atoms with Gasteiger partial charge in [0, 0.05) is 12.1 Å². The Morgan fingerprint density at radius 2 is 1.64 bits per heavy atom. The summed E-state index contributed by atoms with van der Waals surface area (Å²) in [6.07, 6.45) is 3.69. The number of ketones is 1. The van der Waals surface area contributed by atoms with Crippen molar-refractivity contribution in [1.82, 2.24) is 9.88 Å². The number of para-hydroxylation sites is 1. The average molecular weight is 446 g/mol. The molecule has 0 saturated heterocycles. The van der Waals surface area contributed by atoms with E-state index in [0.29, 0.717) is 6.54 Å². The van der Waals surface area contributed by atoms with Gasteiger partial charge in [-0.2, -0.15) is 4.57 Å². The molecule has 168 valence electrons. The molecule has 0 radical (unpaired) electrons. The molecule has 33 heavy (non-hydrogen) atoms. The number of carbonyl (C=O) groups excluding carboxylic acids is 2. The van der Waals surface area contributed by atoms with Gasteiger partial charge in [0.15, 0.2) is 11.4 Å². The summed E-state index contributed by atoms with van der Waals surface area (Å²) in [7, 11) is 0. The second-order valence-corrected chi connectivity index (χ2v) is 7.72. The Bertz CT molecular complexity index is 1320. The van der Waals surface area contributed by atoms with Gasteiger partial charge < -0.3 is 9.73 Å². The van der Waals surface area contributed by atoms with E-state index in [0.717, 1.165) is 30.3 Å². The number of carbonyl (C=O) groups is 2. The predicted molar refractivity (Wildman–Crippen MR) is 123 cm³/mol. The standard InChI is InChI=1S/C26H23FN2O4/c27-20-15-13-19(14-16-20)23(30)21-11-7-12-22-24(21)33-26(32)29(22)25(31)28-17-6-2-5-10-18-8-3-1-4-9-18/h1,3-4,7-9,11-16H,2,5-6,10,17H2,(H,28,31). The van der Waals surface area contributed by atoms with Crippen molar-refractivity contribution in [3.63, 3.8) is 0 Å². The van der Waals surface area contributed by atoms with Crippen LogP contribution in [0.15, 0.2) is 82.0 Å². The molecule has 4 rings (SSSR count). The number of aromatic nitrogens is 1. The van der Waals surface area contributed by atoms with Crippen molar-refractivity contribution in [2.45, 2.75) is 25.7 Å². The van der Waals surface area contributed by atoms with Gasteiger partial charge in [-0.05, 0) is 61.2 Å². The molecular weight excluding hydrogens is 423 g/mol. The Kier molecular flexibility index (Phi) is 6.78. The van der Waals surface area contributed by atoms with E-state index in [4.69, 9.17) is 4.42 Å². The lowest BCUT2D eigenvalue weighted by Gasteiger charge is -2.06.